The number of hydrogen-bond acceptors (Lipinski definition) is 4. The van der Waals surface area contributed by atoms with Gasteiger partial charge in [-0.15, -0.1) is 0 Å². The predicted molar refractivity (Wildman–Crippen MR) is 92.4 cm³/mol. The molecule has 0 spiro atoms. The summed E-state index contributed by atoms with van der Waals surface area (Å²) in [4.78, 5) is 16.8. The molecule has 1 N–H and O–H groups in total. The normalized spacial score (nSPS) is 16.3. The number of ether oxygens (including phenoxy) is 2. The van der Waals surface area contributed by atoms with Crippen molar-refractivity contribution in [2.75, 3.05) is 25.6 Å². The van der Waals surface area contributed by atoms with E-state index in [2.05, 4.69) is 22.4 Å². The molecule has 5 nitrogen and oxygen atoms in total. The lowest BCUT2D eigenvalue weighted by molar-refractivity contribution is -0.117. The number of benzene rings is 1. The van der Waals surface area contributed by atoms with Crippen molar-refractivity contribution in [1.82, 2.24) is 4.98 Å². The number of anilines is 1. The molecule has 2 aromatic rings. The SMILES string of the molecule is COCCOc1ccc(NC(=O)[C@H]2CCCc3ccccc32)cn1. The van der Waals surface area contributed by atoms with E-state index in [1.54, 1.807) is 19.4 Å². The molecule has 5 heteroatoms. The second-order valence-corrected chi connectivity index (χ2v) is 5.86. The van der Waals surface area contributed by atoms with Gasteiger partial charge in [-0.05, 0) is 36.5 Å². The summed E-state index contributed by atoms with van der Waals surface area (Å²) in [6.07, 6.45) is 4.60. The van der Waals surface area contributed by atoms with E-state index in [4.69, 9.17) is 9.47 Å². The molecule has 0 bridgehead atoms. The maximum Gasteiger partial charge on any atom is 0.231 e. The molecule has 1 aromatic heterocycles. The molecule has 1 atom stereocenters. The van der Waals surface area contributed by atoms with E-state index in [1.807, 2.05) is 18.2 Å². The number of pyridine rings is 1. The lowest BCUT2D eigenvalue weighted by Gasteiger charge is -2.24. The van der Waals surface area contributed by atoms with Gasteiger partial charge in [-0.25, -0.2) is 4.98 Å². The number of nitrogens with one attached hydrogen (secondary N) is 1. The number of aromatic nitrogens is 1. The second kappa shape index (κ2) is 7.93. The number of nitrogens with zero attached hydrogens (tertiary/aromatic N) is 1. The molecule has 126 valence electrons. The molecule has 1 aromatic carbocycles. The smallest absolute Gasteiger partial charge is 0.231 e. The molecule has 1 amide bonds. The van der Waals surface area contributed by atoms with Crippen LogP contribution in [0.25, 0.3) is 0 Å². The first-order valence-electron chi connectivity index (χ1n) is 8.24. The van der Waals surface area contributed by atoms with Crippen LogP contribution in [0, 0.1) is 0 Å². The quantitative estimate of drug-likeness (QED) is 0.828. The van der Waals surface area contributed by atoms with E-state index < -0.39 is 0 Å². The van der Waals surface area contributed by atoms with Crippen molar-refractivity contribution in [2.45, 2.75) is 25.2 Å². The highest BCUT2D eigenvalue weighted by Crippen LogP contribution is 2.32. The summed E-state index contributed by atoms with van der Waals surface area (Å²) in [6.45, 7) is 0.968. The topological polar surface area (TPSA) is 60.5 Å². The van der Waals surface area contributed by atoms with Crippen molar-refractivity contribution in [3.05, 3.63) is 53.7 Å². The Balaban J connectivity index is 1.63. The minimum atomic E-state index is -0.0902. The van der Waals surface area contributed by atoms with Crippen LogP contribution in [0.15, 0.2) is 42.6 Å². The van der Waals surface area contributed by atoms with Gasteiger partial charge in [0.15, 0.2) is 0 Å². The third-order valence-electron chi connectivity index (χ3n) is 4.23. The predicted octanol–water partition coefficient (Wildman–Crippen LogP) is 3.17. The lowest BCUT2D eigenvalue weighted by Crippen LogP contribution is -2.24. The minimum absolute atomic E-state index is 0.0250. The van der Waals surface area contributed by atoms with Crippen molar-refractivity contribution < 1.29 is 14.3 Å². The van der Waals surface area contributed by atoms with Gasteiger partial charge in [-0.2, -0.15) is 0 Å². The Morgan fingerprint density at radius 2 is 2.12 bits per heavy atom. The Kier molecular flexibility index (Phi) is 5.43. The Hall–Kier alpha value is -2.40. The molecule has 0 saturated heterocycles. The highest BCUT2D eigenvalue weighted by atomic mass is 16.5. The first-order valence-corrected chi connectivity index (χ1v) is 8.24. The Morgan fingerprint density at radius 3 is 2.92 bits per heavy atom. The van der Waals surface area contributed by atoms with Crippen LogP contribution in [0.4, 0.5) is 5.69 Å². The van der Waals surface area contributed by atoms with Crippen molar-refractivity contribution >= 4 is 11.6 Å². The molecule has 24 heavy (non-hydrogen) atoms. The third kappa shape index (κ3) is 3.92. The fourth-order valence-corrected chi connectivity index (χ4v) is 3.02. The van der Waals surface area contributed by atoms with Crippen LogP contribution in [-0.2, 0) is 16.0 Å². The highest BCUT2D eigenvalue weighted by Gasteiger charge is 2.26. The Morgan fingerprint density at radius 1 is 1.25 bits per heavy atom. The van der Waals surface area contributed by atoms with Crippen LogP contribution in [-0.4, -0.2) is 31.2 Å². The number of rotatable bonds is 6. The molecule has 1 aliphatic rings. The molecule has 1 aliphatic carbocycles. The number of carbonyl (C=O) groups excluding carboxylic acids is 1. The van der Waals surface area contributed by atoms with Crippen LogP contribution >= 0.6 is 0 Å². The summed E-state index contributed by atoms with van der Waals surface area (Å²) in [6, 6.07) is 11.8. The molecule has 3 rings (SSSR count). The van der Waals surface area contributed by atoms with Gasteiger partial charge in [-0.3, -0.25) is 4.79 Å². The number of aryl methyl sites for hydroxylation is 1. The van der Waals surface area contributed by atoms with E-state index in [-0.39, 0.29) is 11.8 Å². The van der Waals surface area contributed by atoms with E-state index >= 15 is 0 Å². The van der Waals surface area contributed by atoms with Crippen molar-refractivity contribution in [2.24, 2.45) is 0 Å². The second-order valence-electron chi connectivity index (χ2n) is 5.86. The standard InChI is InChI=1S/C19H22N2O3/c1-23-11-12-24-18-10-9-15(13-20-18)21-19(22)17-8-4-6-14-5-2-3-7-16(14)17/h2-3,5,7,9-10,13,17H,4,6,8,11-12H2,1H3,(H,21,22)/t17-/m0/s1. The molecule has 0 fully saturated rings. The van der Waals surface area contributed by atoms with Gasteiger partial charge in [0.05, 0.1) is 24.4 Å². The zero-order chi connectivity index (χ0) is 16.8. The van der Waals surface area contributed by atoms with Crippen molar-refractivity contribution in [3.8, 4) is 5.88 Å². The summed E-state index contributed by atoms with van der Waals surface area (Å²) in [5, 5.41) is 2.97. The van der Waals surface area contributed by atoms with E-state index in [9.17, 15) is 4.79 Å². The Bertz CT molecular complexity index is 685. The maximum atomic E-state index is 12.6. The van der Waals surface area contributed by atoms with Crippen LogP contribution < -0.4 is 10.1 Å². The summed E-state index contributed by atoms with van der Waals surface area (Å²) in [5.41, 5.74) is 3.11. The summed E-state index contributed by atoms with van der Waals surface area (Å²) >= 11 is 0. The zero-order valence-corrected chi connectivity index (χ0v) is 13.8. The first kappa shape index (κ1) is 16.5. The van der Waals surface area contributed by atoms with Gasteiger partial charge < -0.3 is 14.8 Å². The van der Waals surface area contributed by atoms with Crippen LogP contribution in [0.3, 0.4) is 0 Å². The van der Waals surface area contributed by atoms with Crippen LogP contribution in [0.5, 0.6) is 5.88 Å². The number of methoxy groups -OCH3 is 1. The van der Waals surface area contributed by atoms with Gasteiger partial charge in [0.25, 0.3) is 0 Å². The van der Waals surface area contributed by atoms with E-state index in [0.29, 0.717) is 24.8 Å². The summed E-state index contributed by atoms with van der Waals surface area (Å²) < 4.78 is 10.3. The number of hydrogen-bond donors (Lipinski definition) is 1. The molecule has 0 unspecified atom stereocenters. The molecule has 1 heterocycles. The fourth-order valence-electron chi connectivity index (χ4n) is 3.02. The lowest BCUT2D eigenvalue weighted by atomic mass is 9.82. The van der Waals surface area contributed by atoms with E-state index in [0.717, 1.165) is 24.8 Å². The van der Waals surface area contributed by atoms with Crippen LogP contribution in [0.1, 0.15) is 29.9 Å². The van der Waals surface area contributed by atoms with Gasteiger partial charge in [0, 0.05) is 13.2 Å². The molecule has 0 radical (unpaired) electrons. The fraction of sp³-hybridized carbons (Fsp3) is 0.368. The van der Waals surface area contributed by atoms with Crippen LogP contribution in [0.2, 0.25) is 0 Å². The number of fused-ring (bicyclic) bond motifs is 1. The maximum absolute atomic E-state index is 12.6. The van der Waals surface area contributed by atoms with E-state index in [1.165, 1.54) is 5.56 Å². The Labute approximate surface area is 142 Å². The highest BCUT2D eigenvalue weighted by molar-refractivity contribution is 5.96. The monoisotopic (exact) mass is 326 g/mol. The average molecular weight is 326 g/mol. The van der Waals surface area contributed by atoms with Crippen molar-refractivity contribution in [1.29, 1.82) is 0 Å². The molecule has 0 saturated carbocycles. The number of amides is 1. The largest absolute Gasteiger partial charge is 0.475 e. The molecular weight excluding hydrogens is 304 g/mol. The molecule has 0 aliphatic heterocycles. The van der Waals surface area contributed by atoms with Gasteiger partial charge >= 0.3 is 0 Å². The molecular formula is C19H22N2O3. The summed E-state index contributed by atoms with van der Waals surface area (Å²) in [7, 11) is 1.62. The first-order chi connectivity index (χ1) is 11.8. The summed E-state index contributed by atoms with van der Waals surface area (Å²) in [5.74, 6) is 0.456. The zero-order valence-electron chi connectivity index (χ0n) is 13.8. The third-order valence-corrected chi connectivity index (χ3v) is 4.23. The van der Waals surface area contributed by atoms with Gasteiger partial charge in [0.1, 0.15) is 6.61 Å². The average Bonchev–Trinajstić information content (AvgIpc) is 2.63. The van der Waals surface area contributed by atoms with Crippen molar-refractivity contribution in [3.63, 3.8) is 0 Å². The van der Waals surface area contributed by atoms with Gasteiger partial charge in [-0.1, -0.05) is 24.3 Å². The number of carbonyl (C=O) groups is 1. The van der Waals surface area contributed by atoms with Gasteiger partial charge in [0.2, 0.25) is 11.8 Å². The minimum Gasteiger partial charge on any atom is -0.475 e.